The van der Waals surface area contributed by atoms with Gasteiger partial charge in [-0.05, 0) is 24.3 Å². The molecule has 2 aromatic rings. The first kappa shape index (κ1) is 19.9. The van der Waals surface area contributed by atoms with E-state index >= 15 is 0 Å². The lowest BCUT2D eigenvalue weighted by Crippen LogP contribution is -3.61. The zero-order valence-corrected chi connectivity index (χ0v) is 15.2. The Balaban J connectivity index is 0.000000644. The van der Waals surface area contributed by atoms with Crippen molar-refractivity contribution in [3.05, 3.63) is 64.6 Å². The van der Waals surface area contributed by atoms with E-state index in [9.17, 15) is 12.9 Å². The second kappa shape index (κ2) is 10.6. The second-order valence-electron chi connectivity index (χ2n) is 3.22. The van der Waals surface area contributed by atoms with Gasteiger partial charge in [-0.3, -0.25) is 12.9 Å². The van der Waals surface area contributed by atoms with Crippen LogP contribution in [-0.4, -0.2) is 7.54 Å². The van der Waals surface area contributed by atoms with Crippen LogP contribution in [0.5, 0.6) is 0 Å². The van der Waals surface area contributed by atoms with E-state index in [1.165, 1.54) is 7.14 Å². The zero-order chi connectivity index (χ0) is 14.3. The number of benzene rings is 2. The van der Waals surface area contributed by atoms with Gasteiger partial charge in [0.15, 0.2) is 7.14 Å². The van der Waals surface area contributed by atoms with Crippen LogP contribution in [0.2, 0.25) is 0 Å². The minimum Gasteiger partial charge on any atom is -1.00 e. The molecule has 0 heterocycles. The molecule has 0 atom stereocenters. The van der Waals surface area contributed by atoms with Crippen molar-refractivity contribution in [2.24, 2.45) is 0 Å². The van der Waals surface area contributed by atoms with Gasteiger partial charge >= 0.3 is 28.7 Å². The molecule has 0 unspecified atom stereocenters. The maximum absolute atomic E-state index is 9.67. The normalized spacial score (nSPS) is 9.05. The van der Waals surface area contributed by atoms with Gasteiger partial charge in [-0.2, -0.15) is 0 Å². The second-order valence-corrected chi connectivity index (χ2v) is 8.08. The average molecular weight is 526 g/mol. The van der Waals surface area contributed by atoms with Gasteiger partial charge in [0.25, 0.3) is 0 Å². The summed E-state index contributed by atoms with van der Waals surface area (Å²) in [5.74, 6) is 0. The molecule has 2 aromatic carbocycles. The van der Waals surface area contributed by atoms with Crippen LogP contribution < -0.4 is 25.9 Å². The molecular weight excluding hydrogens is 518 g/mol. The van der Waals surface area contributed by atoms with Crippen LogP contribution in [0.4, 0.5) is 12.9 Å². The first-order valence-corrected chi connectivity index (χ1v) is 8.80. The van der Waals surface area contributed by atoms with Crippen LogP contribution in [0.25, 0.3) is 0 Å². The topological polar surface area (TPSA) is 0 Å². The molecule has 2 rings (SSSR count). The predicted molar refractivity (Wildman–Crippen MR) is 74.8 cm³/mol. The highest BCUT2D eigenvalue weighted by Crippen LogP contribution is 2.07. The summed E-state index contributed by atoms with van der Waals surface area (Å²) >= 11 is 6.93. The molecule has 0 bridgehead atoms. The molecule has 0 amide bonds. The molecule has 8 heteroatoms. The zero-order valence-electron chi connectivity index (χ0n) is 9.84. The smallest absolute Gasteiger partial charge is 0.762 e. The minimum absolute atomic E-state index is 0. The van der Waals surface area contributed by atoms with Crippen LogP contribution in [0.1, 0.15) is 0 Å². The van der Waals surface area contributed by atoms with Crippen LogP contribution in [0.15, 0.2) is 57.5 Å². The van der Waals surface area contributed by atoms with E-state index in [1.807, 2.05) is 0 Å². The quantitative estimate of drug-likeness (QED) is 0.274. The van der Waals surface area contributed by atoms with Gasteiger partial charge in [-0.1, -0.05) is 44.0 Å². The highest BCUT2D eigenvalue weighted by Gasteiger charge is 2.15. The Morgan fingerprint density at radius 1 is 0.800 bits per heavy atom. The lowest BCUT2D eigenvalue weighted by atomic mass is 10.4. The molecule has 0 aromatic heterocycles. The number of halogens is 7. The molecular formula is C12H8BBr2F4I. The number of hydrogen-bond donors (Lipinski definition) is 0. The Morgan fingerprint density at radius 3 is 1.45 bits per heavy atom. The standard InChI is InChI=1S/C12H8Br2I.BF3.FH/c13-9-3-1-5-11(7-9)15-12-6-2-4-10(14)8-12;2-1(3)4;/h1-8H;;1H/q+1;;/p-1. The van der Waals surface area contributed by atoms with E-state index in [2.05, 4.69) is 80.4 Å². The third-order valence-corrected chi connectivity index (χ3v) is 5.37. The molecule has 0 fully saturated rings. The summed E-state index contributed by atoms with van der Waals surface area (Å²) in [7, 11) is -3.67. The molecule has 0 aliphatic carbocycles. The van der Waals surface area contributed by atoms with Crippen LogP contribution in [-0.2, 0) is 0 Å². The van der Waals surface area contributed by atoms with Crippen molar-refractivity contribution in [2.45, 2.75) is 0 Å². The molecule has 0 radical (unpaired) electrons. The summed E-state index contributed by atoms with van der Waals surface area (Å²) in [5, 5.41) is 0. The van der Waals surface area contributed by atoms with Gasteiger partial charge in [-0.15, -0.1) is 0 Å². The molecule has 0 N–H and O–H groups in total. The van der Waals surface area contributed by atoms with Gasteiger partial charge in [0.2, 0.25) is 0 Å². The van der Waals surface area contributed by atoms with E-state index in [1.54, 1.807) is 0 Å². The first-order chi connectivity index (χ1) is 8.97. The molecule has 108 valence electrons. The largest absolute Gasteiger partial charge is 1.00 e. The highest BCUT2D eigenvalue weighted by molar-refractivity contribution is 9.10. The Kier molecular flexibility index (Phi) is 10.6. The average Bonchev–Trinajstić information content (AvgIpc) is 2.28. The molecule has 0 spiro atoms. The predicted octanol–water partition coefficient (Wildman–Crippen LogP) is -0.776. The van der Waals surface area contributed by atoms with Crippen molar-refractivity contribution in [3.63, 3.8) is 0 Å². The SMILES string of the molecule is Brc1cccc([I+]c2cccc(Br)c2)c1.FB(F)F.[F-]. The fourth-order valence-corrected chi connectivity index (χ4v) is 5.29. The van der Waals surface area contributed by atoms with Gasteiger partial charge in [-0.25, -0.2) is 0 Å². The minimum atomic E-state index is -3.67. The maximum Gasteiger partial charge on any atom is 0.762 e. The van der Waals surface area contributed by atoms with Gasteiger partial charge < -0.3 is 4.70 Å². The first-order valence-electron chi connectivity index (χ1n) is 5.05. The monoisotopic (exact) mass is 524 g/mol. The van der Waals surface area contributed by atoms with Gasteiger partial charge in [0.1, 0.15) is 0 Å². The Hall–Kier alpha value is -0.0851. The molecule has 0 aliphatic rings. The van der Waals surface area contributed by atoms with Crippen LogP contribution >= 0.6 is 31.9 Å². The summed E-state index contributed by atoms with van der Waals surface area (Å²) in [6.07, 6.45) is 0. The van der Waals surface area contributed by atoms with Gasteiger partial charge in [0, 0.05) is 21.1 Å². The molecule has 0 saturated heterocycles. The maximum atomic E-state index is 9.67. The third kappa shape index (κ3) is 8.96. The Labute approximate surface area is 142 Å². The summed E-state index contributed by atoms with van der Waals surface area (Å²) in [6, 6.07) is 17.1. The summed E-state index contributed by atoms with van der Waals surface area (Å²) in [4.78, 5) is 0. The van der Waals surface area contributed by atoms with E-state index in [-0.39, 0.29) is 25.9 Å². The van der Waals surface area contributed by atoms with E-state index in [0.29, 0.717) is 0 Å². The fourth-order valence-electron chi connectivity index (χ4n) is 1.16. The highest BCUT2D eigenvalue weighted by atomic mass is 127. The summed E-state index contributed by atoms with van der Waals surface area (Å²) in [6.45, 7) is 0. The van der Waals surface area contributed by atoms with Crippen molar-refractivity contribution in [2.75, 3.05) is 0 Å². The molecule has 20 heavy (non-hydrogen) atoms. The number of rotatable bonds is 2. The van der Waals surface area contributed by atoms with Crippen molar-refractivity contribution in [3.8, 4) is 0 Å². The van der Waals surface area contributed by atoms with E-state index < -0.39 is 7.54 Å². The third-order valence-electron chi connectivity index (χ3n) is 1.79. The van der Waals surface area contributed by atoms with Crippen LogP contribution in [0, 0.1) is 7.14 Å². The van der Waals surface area contributed by atoms with Crippen molar-refractivity contribution in [1.82, 2.24) is 0 Å². The Morgan fingerprint density at radius 2 is 1.15 bits per heavy atom. The van der Waals surface area contributed by atoms with Crippen molar-refractivity contribution in [1.29, 1.82) is 0 Å². The van der Waals surface area contributed by atoms with Gasteiger partial charge in [0.05, 0.1) is 0 Å². The van der Waals surface area contributed by atoms with E-state index in [4.69, 9.17) is 0 Å². The molecule has 0 saturated carbocycles. The van der Waals surface area contributed by atoms with E-state index in [0.717, 1.165) is 8.95 Å². The number of hydrogen-bond acceptors (Lipinski definition) is 0. The summed E-state index contributed by atoms with van der Waals surface area (Å²) < 4.78 is 34.2. The van der Waals surface area contributed by atoms with Crippen molar-refractivity contribution >= 4 is 39.4 Å². The Bertz CT molecular complexity index is 482. The molecule has 0 aliphatic heterocycles. The van der Waals surface area contributed by atoms with Crippen LogP contribution in [0.3, 0.4) is 0 Å². The fraction of sp³-hybridized carbons (Fsp3) is 0. The lowest BCUT2D eigenvalue weighted by molar-refractivity contribution is -0.597. The lowest BCUT2D eigenvalue weighted by Gasteiger charge is -1.90. The van der Waals surface area contributed by atoms with Crippen molar-refractivity contribution < 1.29 is 38.9 Å². The molecule has 0 nitrogen and oxygen atoms in total. The summed E-state index contributed by atoms with van der Waals surface area (Å²) in [5.41, 5.74) is 0.